The van der Waals surface area contributed by atoms with E-state index in [1.807, 2.05) is 0 Å². The molecule has 0 bridgehead atoms. The maximum atomic E-state index is 12.1. The molecule has 0 spiro atoms. The number of rotatable bonds is 9. The fraction of sp³-hybridized carbons (Fsp3) is 0.176. The van der Waals surface area contributed by atoms with Gasteiger partial charge in [0.25, 0.3) is 5.91 Å². The van der Waals surface area contributed by atoms with E-state index in [0.29, 0.717) is 11.1 Å². The first-order chi connectivity index (χ1) is 12.9. The second kappa shape index (κ2) is 9.50. The van der Waals surface area contributed by atoms with Crippen LogP contribution in [0.4, 0.5) is 0 Å². The van der Waals surface area contributed by atoms with Crippen molar-refractivity contribution in [1.29, 1.82) is 0 Å². The van der Waals surface area contributed by atoms with Crippen LogP contribution in [0.3, 0.4) is 0 Å². The zero-order valence-electron chi connectivity index (χ0n) is 14.0. The molecule has 0 aliphatic rings. The second-order valence-electron chi connectivity index (χ2n) is 5.38. The number of aromatic carboxylic acids is 1. The lowest BCUT2D eigenvalue weighted by Gasteiger charge is -2.11. The molecule has 10 heteroatoms. The number of benzene rings is 2. The van der Waals surface area contributed by atoms with Crippen LogP contribution in [0.1, 0.15) is 31.8 Å². The quantitative estimate of drug-likeness (QED) is 0.163. The second-order valence-corrected chi connectivity index (χ2v) is 5.38. The minimum Gasteiger partial charge on any atom is -0.508 e. The number of carbonyl (C=O) groups is 2. The molecular formula is C17H18N2O8. The molecule has 0 unspecified atom stereocenters. The molecule has 0 atom stereocenters. The largest absolute Gasteiger partial charge is 0.508 e. The van der Waals surface area contributed by atoms with E-state index in [2.05, 4.69) is 15.7 Å². The predicted molar refractivity (Wildman–Crippen MR) is 90.8 cm³/mol. The lowest BCUT2D eigenvalue weighted by molar-refractivity contribution is -0.253. The van der Waals surface area contributed by atoms with Crippen molar-refractivity contribution in [3.63, 3.8) is 0 Å². The van der Waals surface area contributed by atoms with Gasteiger partial charge in [-0.15, -0.1) is 0 Å². The van der Waals surface area contributed by atoms with Crippen LogP contribution in [0, 0.1) is 0 Å². The van der Waals surface area contributed by atoms with E-state index >= 15 is 0 Å². The van der Waals surface area contributed by atoms with Crippen molar-refractivity contribution in [2.45, 2.75) is 13.2 Å². The number of hydrogen-bond acceptors (Lipinski definition) is 8. The van der Waals surface area contributed by atoms with Gasteiger partial charge in [-0.2, -0.15) is 5.48 Å². The Kier molecular flexibility index (Phi) is 7.08. The summed E-state index contributed by atoms with van der Waals surface area (Å²) in [4.78, 5) is 32.5. The molecule has 0 aromatic heterocycles. The zero-order valence-corrected chi connectivity index (χ0v) is 14.0. The SMILES string of the molecule is O=C(O)c1cc(O)ccc1C(=O)NCNOCc1ccc(O)cc1COO. The molecule has 0 aliphatic carbocycles. The van der Waals surface area contributed by atoms with Gasteiger partial charge in [0, 0.05) is 0 Å². The highest BCUT2D eigenvalue weighted by Gasteiger charge is 2.16. The van der Waals surface area contributed by atoms with Crippen molar-refractivity contribution < 1.29 is 39.9 Å². The predicted octanol–water partition coefficient (Wildman–Crippen LogP) is 1.19. The van der Waals surface area contributed by atoms with Gasteiger partial charge in [-0.3, -0.25) is 14.9 Å². The highest BCUT2D eigenvalue weighted by atomic mass is 17.1. The molecule has 2 aromatic carbocycles. The Morgan fingerprint density at radius 2 is 1.63 bits per heavy atom. The summed E-state index contributed by atoms with van der Waals surface area (Å²) < 4.78 is 0. The van der Waals surface area contributed by atoms with Gasteiger partial charge < -0.3 is 20.6 Å². The van der Waals surface area contributed by atoms with E-state index in [1.54, 1.807) is 6.07 Å². The van der Waals surface area contributed by atoms with Gasteiger partial charge in [0.15, 0.2) is 0 Å². The zero-order chi connectivity index (χ0) is 19.8. The third kappa shape index (κ3) is 5.66. The van der Waals surface area contributed by atoms with E-state index in [0.717, 1.165) is 6.07 Å². The normalized spacial score (nSPS) is 10.6. The third-order valence-corrected chi connectivity index (χ3v) is 3.54. The summed E-state index contributed by atoms with van der Waals surface area (Å²) in [6.45, 7) is -0.209. The van der Waals surface area contributed by atoms with Gasteiger partial charge in [0.2, 0.25) is 0 Å². The van der Waals surface area contributed by atoms with Crippen LogP contribution < -0.4 is 10.8 Å². The van der Waals surface area contributed by atoms with Gasteiger partial charge in [-0.05, 0) is 41.5 Å². The minimum atomic E-state index is -1.34. The van der Waals surface area contributed by atoms with E-state index in [9.17, 15) is 19.8 Å². The van der Waals surface area contributed by atoms with E-state index in [1.165, 1.54) is 24.3 Å². The molecule has 27 heavy (non-hydrogen) atoms. The number of carbonyl (C=O) groups excluding carboxylic acids is 1. The lowest BCUT2D eigenvalue weighted by atomic mass is 10.1. The van der Waals surface area contributed by atoms with Crippen LogP contribution in [-0.4, -0.2) is 39.1 Å². The maximum absolute atomic E-state index is 12.1. The lowest BCUT2D eigenvalue weighted by Crippen LogP contribution is -2.34. The van der Waals surface area contributed by atoms with Gasteiger partial charge in [-0.1, -0.05) is 6.07 Å². The summed E-state index contributed by atoms with van der Waals surface area (Å²) in [5.41, 5.74) is 3.19. The van der Waals surface area contributed by atoms with Crippen molar-refractivity contribution in [3.8, 4) is 11.5 Å². The number of phenols is 2. The van der Waals surface area contributed by atoms with Gasteiger partial charge in [0.1, 0.15) is 18.1 Å². The molecule has 0 saturated heterocycles. The Bertz CT molecular complexity index is 825. The molecule has 144 valence electrons. The van der Waals surface area contributed by atoms with E-state index in [4.69, 9.17) is 15.2 Å². The number of phenolic OH excluding ortho intramolecular Hbond substituents is 2. The van der Waals surface area contributed by atoms with Crippen molar-refractivity contribution in [2.75, 3.05) is 6.67 Å². The minimum absolute atomic E-state index is 0.00848. The molecule has 0 aliphatic heterocycles. The fourth-order valence-corrected chi connectivity index (χ4v) is 2.26. The van der Waals surface area contributed by atoms with Gasteiger partial charge >= 0.3 is 5.97 Å². The summed E-state index contributed by atoms with van der Waals surface area (Å²) in [7, 11) is 0. The number of nitrogens with one attached hydrogen (secondary N) is 2. The maximum Gasteiger partial charge on any atom is 0.336 e. The van der Waals surface area contributed by atoms with Crippen LogP contribution in [-0.2, 0) is 22.9 Å². The van der Waals surface area contributed by atoms with Crippen LogP contribution in [0.25, 0.3) is 0 Å². The van der Waals surface area contributed by atoms with Crippen LogP contribution in [0.2, 0.25) is 0 Å². The molecule has 0 saturated carbocycles. The summed E-state index contributed by atoms with van der Waals surface area (Å²) in [5.74, 6) is -2.26. The number of carboxylic acid groups (broad SMARTS) is 1. The van der Waals surface area contributed by atoms with Crippen LogP contribution >= 0.6 is 0 Å². The molecule has 2 aromatic rings. The van der Waals surface area contributed by atoms with Gasteiger partial charge in [-0.25, -0.2) is 9.68 Å². The van der Waals surface area contributed by atoms with E-state index < -0.39 is 11.9 Å². The Morgan fingerprint density at radius 1 is 0.926 bits per heavy atom. The summed E-state index contributed by atoms with van der Waals surface area (Å²) >= 11 is 0. The molecule has 0 heterocycles. The molecule has 6 N–H and O–H groups in total. The summed E-state index contributed by atoms with van der Waals surface area (Å²) in [6.07, 6.45) is 0. The number of hydroxylamine groups is 1. The third-order valence-electron chi connectivity index (χ3n) is 3.54. The fourth-order valence-electron chi connectivity index (χ4n) is 2.26. The van der Waals surface area contributed by atoms with Crippen LogP contribution in [0.15, 0.2) is 36.4 Å². The van der Waals surface area contributed by atoms with Crippen molar-refractivity contribution in [1.82, 2.24) is 10.8 Å². The molecule has 10 nitrogen and oxygen atoms in total. The number of hydrogen-bond donors (Lipinski definition) is 6. The summed E-state index contributed by atoms with van der Waals surface area (Å²) in [5, 5.41) is 38.8. The van der Waals surface area contributed by atoms with Crippen LogP contribution in [0.5, 0.6) is 11.5 Å². The summed E-state index contributed by atoms with van der Waals surface area (Å²) in [6, 6.07) is 7.83. The molecular weight excluding hydrogens is 360 g/mol. The first kappa shape index (κ1) is 20.1. The first-order valence-corrected chi connectivity index (χ1v) is 7.68. The van der Waals surface area contributed by atoms with Gasteiger partial charge in [0.05, 0.1) is 24.4 Å². The highest BCUT2D eigenvalue weighted by Crippen LogP contribution is 2.18. The number of carboxylic acids is 1. The topological polar surface area (TPSA) is 158 Å². The molecule has 2 rings (SSSR count). The average molecular weight is 378 g/mol. The van der Waals surface area contributed by atoms with Crippen molar-refractivity contribution in [2.24, 2.45) is 0 Å². The molecule has 0 fully saturated rings. The van der Waals surface area contributed by atoms with Crippen molar-refractivity contribution in [3.05, 3.63) is 58.7 Å². The Morgan fingerprint density at radius 3 is 2.33 bits per heavy atom. The molecule has 0 radical (unpaired) electrons. The average Bonchev–Trinajstić information content (AvgIpc) is 2.63. The Labute approximate surface area is 153 Å². The van der Waals surface area contributed by atoms with E-state index in [-0.39, 0.29) is 42.5 Å². The molecule has 1 amide bonds. The number of aromatic hydroxyl groups is 2. The monoisotopic (exact) mass is 378 g/mol. The number of amides is 1. The Hall–Kier alpha value is -3.18. The Balaban J connectivity index is 1.86. The smallest absolute Gasteiger partial charge is 0.336 e. The highest BCUT2D eigenvalue weighted by molar-refractivity contribution is 6.05. The first-order valence-electron chi connectivity index (χ1n) is 7.68. The van der Waals surface area contributed by atoms with Crippen molar-refractivity contribution >= 4 is 11.9 Å². The standard InChI is InChI=1S/C17H18N2O8/c20-12-2-1-10(11(5-12)8-27-25)7-26-19-9-18-16(22)14-4-3-13(21)6-15(14)17(23)24/h1-6,19-21,25H,7-9H2,(H,18,22)(H,23,24).